The summed E-state index contributed by atoms with van der Waals surface area (Å²) in [5, 5.41) is 38.7. The topological polar surface area (TPSA) is 124 Å². The van der Waals surface area contributed by atoms with Crippen molar-refractivity contribution in [3.8, 4) is 0 Å². The number of carboxylic acid groups (broad SMARTS) is 1. The summed E-state index contributed by atoms with van der Waals surface area (Å²) in [4.78, 5) is 18.0. The predicted molar refractivity (Wildman–Crippen MR) is 82.1 cm³/mol. The molecule has 6 atom stereocenters. The molecule has 2 saturated heterocycles. The SMILES string of the molecule is [2H]C([2H])([2H])N1CCC[C@H]1c1ccc[n+](O[C@@H]2OC(C(=O)O)[C@@H](O)[C@@H](O)C2O)c1. The van der Waals surface area contributed by atoms with E-state index in [0.717, 1.165) is 11.2 Å². The molecule has 0 bridgehead atoms. The predicted octanol–water partition coefficient (Wildman–Crippen LogP) is -1.94. The first-order chi connectivity index (χ1) is 13.1. The number of pyridine rings is 1. The van der Waals surface area contributed by atoms with Crippen molar-refractivity contribution in [3.05, 3.63) is 30.1 Å². The Morgan fingerprint density at radius 1 is 1.40 bits per heavy atom. The average molecular weight is 358 g/mol. The van der Waals surface area contributed by atoms with Gasteiger partial charge in [-0.1, -0.05) is 0 Å². The molecular weight excluding hydrogens is 332 g/mol. The van der Waals surface area contributed by atoms with Crippen LogP contribution >= 0.6 is 0 Å². The van der Waals surface area contributed by atoms with Crippen LogP contribution in [-0.2, 0) is 9.53 Å². The largest absolute Gasteiger partial charge is 0.479 e. The second-order valence-corrected chi connectivity index (χ2v) is 6.19. The summed E-state index contributed by atoms with van der Waals surface area (Å²) in [5.74, 6) is -1.51. The molecule has 2 aliphatic rings. The molecule has 0 amide bonds. The van der Waals surface area contributed by atoms with Gasteiger partial charge in [-0.15, -0.1) is 0 Å². The van der Waals surface area contributed by atoms with Crippen LogP contribution in [0.5, 0.6) is 0 Å². The van der Waals surface area contributed by atoms with Gasteiger partial charge in [0.15, 0.2) is 12.2 Å². The lowest BCUT2D eigenvalue weighted by Crippen LogP contribution is -2.65. The van der Waals surface area contributed by atoms with Gasteiger partial charge < -0.3 is 25.2 Å². The number of carboxylic acids is 1. The number of hydrogen-bond acceptors (Lipinski definition) is 7. The molecule has 25 heavy (non-hydrogen) atoms. The molecule has 2 aliphatic heterocycles. The fraction of sp³-hybridized carbons (Fsp3) is 0.625. The van der Waals surface area contributed by atoms with Gasteiger partial charge in [-0.25, -0.2) is 9.63 Å². The molecule has 9 heteroatoms. The quantitative estimate of drug-likeness (QED) is 0.459. The summed E-state index contributed by atoms with van der Waals surface area (Å²) in [6.07, 6.45) is -4.24. The lowest BCUT2D eigenvalue weighted by Gasteiger charge is -2.36. The number of aliphatic hydroxyl groups is 3. The van der Waals surface area contributed by atoms with Crippen molar-refractivity contribution < 1.29 is 43.6 Å². The first kappa shape index (κ1) is 14.4. The highest BCUT2D eigenvalue weighted by Gasteiger charge is 2.49. The van der Waals surface area contributed by atoms with E-state index in [1.54, 1.807) is 12.1 Å². The molecule has 0 saturated carbocycles. The minimum atomic E-state index is -2.24. The van der Waals surface area contributed by atoms with Crippen LogP contribution in [0.15, 0.2) is 24.5 Å². The number of hydrogen-bond donors (Lipinski definition) is 4. The normalized spacial score (nSPS) is 38.6. The zero-order valence-electron chi connectivity index (χ0n) is 16.3. The molecule has 1 aromatic heterocycles. The van der Waals surface area contributed by atoms with Crippen LogP contribution in [0.25, 0.3) is 0 Å². The highest BCUT2D eigenvalue weighted by atomic mass is 16.8. The smallest absolute Gasteiger partial charge is 0.335 e. The van der Waals surface area contributed by atoms with Crippen LogP contribution in [0, 0.1) is 0 Å². The second kappa shape index (κ2) is 7.22. The van der Waals surface area contributed by atoms with E-state index in [-0.39, 0.29) is 6.04 Å². The van der Waals surface area contributed by atoms with Crippen LogP contribution in [0.2, 0.25) is 0 Å². The summed E-state index contributed by atoms with van der Waals surface area (Å²) in [5.41, 5.74) is 0.664. The molecule has 0 radical (unpaired) electrons. The van der Waals surface area contributed by atoms with Gasteiger partial charge >= 0.3 is 5.97 Å². The third-order valence-corrected chi connectivity index (χ3v) is 4.47. The summed E-state index contributed by atoms with van der Waals surface area (Å²) < 4.78 is 29.2. The number of ether oxygens (including phenoxy) is 1. The van der Waals surface area contributed by atoms with Gasteiger partial charge in [0.1, 0.15) is 12.2 Å². The Hall–Kier alpha value is -1.78. The van der Waals surface area contributed by atoms with E-state index in [1.165, 1.54) is 17.3 Å². The summed E-state index contributed by atoms with van der Waals surface area (Å²) in [6, 6.07) is 3.01. The van der Waals surface area contributed by atoms with Crippen molar-refractivity contribution in [2.24, 2.45) is 0 Å². The second-order valence-electron chi connectivity index (χ2n) is 6.19. The van der Waals surface area contributed by atoms with Gasteiger partial charge in [0.2, 0.25) is 12.4 Å². The summed E-state index contributed by atoms with van der Waals surface area (Å²) in [6.45, 7) is -1.80. The van der Waals surface area contributed by atoms with Crippen molar-refractivity contribution in [3.63, 3.8) is 0 Å². The molecule has 1 aromatic rings. The minimum absolute atomic E-state index is 0.347. The van der Waals surface area contributed by atoms with Crippen molar-refractivity contribution in [1.29, 1.82) is 0 Å². The van der Waals surface area contributed by atoms with Gasteiger partial charge in [0.05, 0.1) is 0 Å². The zero-order valence-corrected chi connectivity index (χ0v) is 13.3. The van der Waals surface area contributed by atoms with E-state index in [9.17, 15) is 20.1 Å². The van der Waals surface area contributed by atoms with E-state index in [2.05, 4.69) is 0 Å². The Morgan fingerprint density at radius 3 is 2.92 bits per heavy atom. The highest BCUT2D eigenvalue weighted by Crippen LogP contribution is 2.29. The van der Waals surface area contributed by atoms with Crippen LogP contribution < -0.4 is 9.57 Å². The number of aliphatic carboxylic acids is 1. The fourth-order valence-electron chi connectivity index (χ4n) is 3.11. The number of aromatic nitrogens is 1. The average Bonchev–Trinajstić information content (AvgIpc) is 3.12. The lowest BCUT2D eigenvalue weighted by atomic mass is 9.99. The fourth-order valence-corrected chi connectivity index (χ4v) is 3.11. The lowest BCUT2D eigenvalue weighted by molar-refractivity contribution is -0.909. The van der Waals surface area contributed by atoms with E-state index < -0.39 is 43.7 Å². The van der Waals surface area contributed by atoms with Gasteiger partial charge in [-0.3, -0.25) is 4.90 Å². The number of rotatable bonds is 4. The Bertz CT molecular complexity index is 720. The Kier molecular flexibility index (Phi) is 4.16. The van der Waals surface area contributed by atoms with E-state index in [0.29, 0.717) is 18.5 Å². The van der Waals surface area contributed by atoms with Crippen LogP contribution in [0.1, 0.15) is 28.6 Å². The molecule has 0 aromatic carbocycles. The van der Waals surface area contributed by atoms with E-state index in [1.807, 2.05) is 0 Å². The van der Waals surface area contributed by atoms with Gasteiger partial charge in [-0.2, -0.15) is 0 Å². The highest BCUT2D eigenvalue weighted by molar-refractivity contribution is 5.73. The van der Waals surface area contributed by atoms with Crippen LogP contribution in [-0.4, -0.2) is 75.5 Å². The molecule has 138 valence electrons. The first-order valence-electron chi connectivity index (χ1n) is 9.47. The number of likely N-dealkylation sites (tertiary alicyclic amines) is 1. The molecule has 0 aliphatic carbocycles. The molecule has 3 rings (SSSR count). The monoisotopic (exact) mass is 358 g/mol. The molecule has 4 N–H and O–H groups in total. The molecule has 2 unspecified atom stereocenters. The molecule has 9 nitrogen and oxygen atoms in total. The molecule has 0 spiro atoms. The third-order valence-electron chi connectivity index (χ3n) is 4.47. The number of nitrogens with zero attached hydrogens (tertiary/aromatic N) is 2. The van der Waals surface area contributed by atoms with Crippen molar-refractivity contribution >= 4 is 5.97 Å². The maximum Gasteiger partial charge on any atom is 0.335 e. The summed E-state index contributed by atoms with van der Waals surface area (Å²) in [7, 11) is 0. The third kappa shape index (κ3) is 3.60. The minimum Gasteiger partial charge on any atom is -0.479 e. The number of carbonyl (C=O) groups is 1. The van der Waals surface area contributed by atoms with Crippen LogP contribution in [0.3, 0.4) is 0 Å². The van der Waals surface area contributed by atoms with E-state index >= 15 is 0 Å². The molecule has 3 heterocycles. The molecular formula is C16H23N2O7+. The van der Waals surface area contributed by atoms with Crippen molar-refractivity contribution in [1.82, 2.24) is 4.90 Å². The van der Waals surface area contributed by atoms with Crippen molar-refractivity contribution in [2.75, 3.05) is 13.5 Å². The Morgan fingerprint density at radius 2 is 2.20 bits per heavy atom. The Balaban J connectivity index is 1.78. The first-order valence-corrected chi connectivity index (χ1v) is 7.97. The van der Waals surface area contributed by atoms with Gasteiger partial charge in [-0.05, 0) is 32.4 Å². The van der Waals surface area contributed by atoms with Crippen molar-refractivity contribution in [2.45, 2.75) is 49.6 Å². The van der Waals surface area contributed by atoms with E-state index in [4.69, 9.17) is 18.8 Å². The Labute approximate surface area is 148 Å². The maximum absolute atomic E-state index is 11.2. The van der Waals surface area contributed by atoms with Crippen LogP contribution in [0.4, 0.5) is 0 Å². The standard InChI is InChI=1S/C16H22N2O7/c1-17-6-3-5-10(17)9-4-2-7-18(8-9)25-16-13(21)11(19)12(20)14(24-16)15(22)23/h2,4,7-8,10-14,16,19-21H,3,5-6H2,1H3/p+1/t10-,11+,12-,13?,14?,16-/m0/s1/i1D3. The molecule has 2 fully saturated rings. The summed E-state index contributed by atoms with van der Waals surface area (Å²) >= 11 is 0. The maximum atomic E-state index is 11.2. The van der Waals surface area contributed by atoms with Gasteiger partial charge in [0, 0.05) is 26.5 Å². The number of aliphatic hydroxyl groups excluding tert-OH is 3. The zero-order chi connectivity index (χ0) is 20.6. The van der Waals surface area contributed by atoms with Gasteiger partial charge in [0.25, 0.3) is 6.29 Å².